The van der Waals surface area contributed by atoms with E-state index in [2.05, 4.69) is 10.2 Å². The molecule has 0 unspecified atom stereocenters. The van der Waals surface area contributed by atoms with Crippen molar-refractivity contribution in [2.24, 2.45) is 5.92 Å². The number of likely N-dealkylation sites (tertiary alicyclic amines) is 1. The van der Waals surface area contributed by atoms with E-state index >= 15 is 0 Å². The van der Waals surface area contributed by atoms with Gasteiger partial charge in [-0.1, -0.05) is 23.9 Å². The number of carbonyl (C=O) groups is 2. The minimum atomic E-state index is -0.452. The van der Waals surface area contributed by atoms with Crippen molar-refractivity contribution in [3.05, 3.63) is 30.1 Å². The summed E-state index contributed by atoms with van der Waals surface area (Å²) in [7, 11) is 0. The van der Waals surface area contributed by atoms with Crippen LogP contribution in [0.2, 0.25) is 0 Å². The number of hydrogen-bond donors (Lipinski definition) is 0. The Morgan fingerprint density at radius 3 is 2.96 bits per heavy atom. The van der Waals surface area contributed by atoms with Crippen molar-refractivity contribution in [1.29, 1.82) is 0 Å². The second-order valence-corrected chi connectivity index (χ2v) is 7.00. The molecule has 0 N–H and O–H groups in total. The maximum Gasteiger partial charge on any atom is 0.310 e. The van der Waals surface area contributed by atoms with E-state index in [1.807, 2.05) is 0 Å². The van der Waals surface area contributed by atoms with Gasteiger partial charge >= 0.3 is 5.97 Å². The van der Waals surface area contributed by atoms with Crippen molar-refractivity contribution in [3.8, 4) is 11.5 Å². The number of hydrogen-bond acceptors (Lipinski definition) is 7. The van der Waals surface area contributed by atoms with E-state index in [0.29, 0.717) is 19.7 Å². The van der Waals surface area contributed by atoms with Crippen molar-refractivity contribution >= 4 is 23.6 Å². The predicted octanol–water partition coefficient (Wildman–Crippen LogP) is 2.77. The standard InChI is InChI=1S/C18H20FN3O4S/c1-2-25-17(24)12-6-5-9-22(10-12)15(23)11-27-18-21-20-16(26-18)13-7-3-4-8-14(13)19/h3-4,7-8,12H,2,5-6,9-11H2,1H3/t12-/m0/s1. The summed E-state index contributed by atoms with van der Waals surface area (Å²) in [6.45, 7) is 3.07. The average molecular weight is 393 g/mol. The Balaban J connectivity index is 1.55. The van der Waals surface area contributed by atoms with Gasteiger partial charge in [-0.3, -0.25) is 9.59 Å². The molecule has 144 valence electrons. The minimum absolute atomic E-state index is 0.0726. The molecule has 1 atom stereocenters. The van der Waals surface area contributed by atoms with E-state index in [1.54, 1.807) is 30.0 Å². The zero-order chi connectivity index (χ0) is 19.2. The number of rotatable bonds is 6. The van der Waals surface area contributed by atoms with Crippen LogP contribution in [0.25, 0.3) is 11.5 Å². The maximum absolute atomic E-state index is 13.8. The van der Waals surface area contributed by atoms with Crippen molar-refractivity contribution < 1.29 is 23.1 Å². The van der Waals surface area contributed by atoms with Crippen LogP contribution < -0.4 is 0 Å². The Morgan fingerprint density at radius 2 is 2.19 bits per heavy atom. The van der Waals surface area contributed by atoms with Gasteiger partial charge in [-0.05, 0) is 31.9 Å². The molecule has 0 spiro atoms. The number of carbonyl (C=O) groups excluding carboxylic acids is 2. The Labute approximate surface area is 160 Å². The topological polar surface area (TPSA) is 85.5 Å². The number of aromatic nitrogens is 2. The summed E-state index contributed by atoms with van der Waals surface area (Å²) in [5.74, 6) is -0.915. The van der Waals surface area contributed by atoms with Gasteiger partial charge in [0, 0.05) is 13.1 Å². The number of esters is 1. The first-order chi connectivity index (χ1) is 13.1. The van der Waals surface area contributed by atoms with E-state index in [-0.39, 0.29) is 40.2 Å². The average Bonchev–Trinajstić information content (AvgIpc) is 3.15. The molecule has 0 radical (unpaired) electrons. The molecule has 3 rings (SSSR count). The van der Waals surface area contributed by atoms with Crippen LogP contribution in [-0.4, -0.2) is 52.4 Å². The van der Waals surface area contributed by atoms with E-state index in [9.17, 15) is 14.0 Å². The molecule has 0 aliphatic carbocycles. The van der Waals surface area contributed by atoms with Gasteiger partial charge in [0.05, 0.1) is 23.8 Å². The first kappa shape index (κ1) is 19.3. The van der Waals surface area contributed by atoms with Crippen LogP contribution in [0.4, 0.5) is 4.39 Å². The van der Waals surface area contributed by atoms with Gasteiger partial charge in [-0.25, -0.2) is 4.39 Å². The molecular weight excluding hydrogens is 373 g/mol. The summed E-state index contributed by atoms with van der Waals surface area (Å²) in [6, 6.07) is 6.11. The third kappa shape index (κ3) is 4.85. The van der Waals surface area contributed by atoms with Crippen LogP contribution in [0.15, 0.2) is 33.9 Å². The molecule has 2 heterocycles. The molecule has 1 aliphatic heterocycles. The summed E-state index contributed by atoms with van der Waals surface area (Å²) < 4.78 is 24.2. The highest BCUT2D eigenvalue weighted by atomic mass is 32.2. The smallest absolute Gasteiger partial charge is 0.310 e. The Bertz CT molecular complexity index is 813. The quantitative estimate of drug-likeness (QED) is 0.551. The van der Waals surface area contributed by atoms with Gasteiger partial charge in [-0.15, -0.1) is 10.2 Å². The summed E-state index contributed by atoms with van der Waals surface area (Å²) in [5, 5.41) is 7.88. The third-order valence-corrected chi connectivity index (χ3v) is 5.03. The second-order valence-electron chi connectivity index (χ2n) is 6.07. The van der Waals surface area contributed by atoms with Crippen LogP contribution >= 0.6 is 11.8 Å². The van der Waals surface area contributed by atoms with Gasteiger partial charge in [-0.2, -0.15) is 0 Å². The zero-order valence-electron chi connectivity index (χ0n) is 14.9. The largest absolute Gasteiger partial charge is 0.466 e. The van der Waals surface area contributed by atoms with E-state index in [0.717, 1.165) is 24.6 Å². The summed E-state index contributed by atoms with van der Waals surface area (Å²) >= 11 is 1.09. The molecule has 1 fully saturated rings. The molecule has 1 aliphatic rings. The van der Waals surface area contributed by atoms with Crippen LogP contribution in [-0.2, 0) is 14.3 Å². The summed E-state index contributed by atoms with van der Waals surface area (Å²) in [5.41, 5.74) is 0.219. The molecule has 2 aromatic rings. The predicted molar refractivity (Wildman–Crippen MR) is 96.4 cm³/mol. The monoisotopic (exact) mass is 393 g/mol. The number of halogens is 1. The fourth-order valence-corrected chi connectivity index (χ4v) is 3.55. The number of ether oxygens (including phenoxy) is 1. The number of nitrogens with zero attached hydrogens (tertiary/aromatic N) is 3. The molecule has 9 heteroatoms. The molecule has 1 saturated heterocycles. The Hall–Kier alpha value is -2.42. The highest BCUT2D eigenvalue weighted by Gasteiger charge is 2.29. The lowest BCUT2D eigenvalue weighted by molar-refractivity contribution is -0.151. The van der Waals surface area contributed by atoms with Gasteiger partial charge in [0.2, 0.25) is 5.91 Å². The molecule has 1 amide bonds. The lowest BCUT2D eigenvalue weighted by Crippen LogP contribution is -2.43. The third-order valence-electron chi connectivity index (χ3n) is 4.22. The fraction of sp³-hybridized carbons (Fsp3) is 0.444. The highest BCUT2D eigenvalue weighted by Crippen LogP contribution is 2.26. The SMILES string of the molecule is CCOC(=O)[C@H]1CCCN(C(=O)CSc2nnc(-c3ccccc3F)o2)C1. The van der Waals surface area contributed by atoms with E-state index in [4.69, 9.17) is 9.15 Å². The Morgan fingerprint density at radius 1 is 1.37 bits per heavy atom. The van der Waals surface area contributed by atoms with Crippen LogP contribution in [0.1, 0.15) is 19.8 Å². The number of amides is 1. The lowest BCUT2D eigenvalue weighted by Gasteiger charge is -2.31. The van der Waals surface area contributed by atoms with Crippen LogP contribution in [0, 0.1) is 11.7 Å². The molecule has 1 aromatic heterocycles. The lowest BCUT2D eigenvalue weighted by atomic mass is 9.98. The van der Waals surface area contributed by atoms with Gasteiger partial charge in [0.1, 0.15) is 5.82 Å². The van der Waals surface area contributed by atoms with Gasteiger partial charge in [0.25, 0.3) is 11.1 Å². The van der Waals surface area contributed by atoms with Crippen LogP contribution in [0.5, 0.6) is 0 Å². The number of piperidine rings is 1. The summed E-state index contributed by atoms with van der Waals surface area (Å²) in [6.07, 6.45) is 1.49. The second kappa shape index (κ2) is 8.98. The Kier molecular flexibility index (Phi) is 6.44. The molecular formula is C18H20FN3O4S. The van der Waals surface area contributed by atoms with E-state index in [1.165, 1.54) is 6.07 Å². The molecule has 7 nitrogen and oxygen atoms in total. The number of benzene rings is 1. The fourth-order valence-electron chi connectivity index (χ4n) is 2.88. The van der Waals surface area contributed by atoms with Crippen molar-refractivity contribution in [2.45, 2.75) is 25.0 Å². The first-order valence-electron chi connectivity index (χ1n) is 8.74. The molecule has 1 aromatic carbocycles. The van der Waals surface area contributed by atoms with Gasteiger partial charge in [0.15, 0.2) is 0 Å². The maximum atomic E-state index is 13.8. The normalized spacial score (nSPS) is 17.0. The summed E-state index contributed by atoms with van der Waals surface area (Å²) in [4.78, 5) is 26.0. The van der Waals surface area contributed by atoms with Crippen molar-refractivity contribution in [2.75, 3.05) is 25.4 Å². The molecule has 0 bridgehead atoms. The molecule has 27 heavy (non-hydrogen) atoms. The van der Waals surface area contributed by atoms with Crippen LogP contribution in [0.3, 0.4) is 0 Å². The first-order valence-corrected chi connectivity index (χ1v) is 9.72. The van der Waals surface area contributed by atoms with Gasteiger partial charge < -0.3 is 14.1 Å². The van der Waals surface area contributed by atoms with Crippen molar-refractivity contribution in [3.63, 3.8) is 0 Å². The highest BCUT2D eigenvalue weighted by molar-refractivity contribution is 7.99. The number of thioether (sulfide) groups is 1. The molecule has 0 saturated carbocycles. The zero-order valence-corrected chi connectivity index (χ0v) is 15.7. The minimum Gasteiger partial charge on any atom is -0.466 e. The van der Waals surface area contributed by atoms with Crippen molar-refractivity contribution in [1.82, 2.24) is 15.1 Å². The van der Waals surface area contributed by atoms with E-state index < -0.39 is 5.82 Å².